The van der Waals surface area contributed by atoms with Crippen LogP contribution in [0.4, 0.5) is 9.80 Å². The maximum Gasteiger partial charge on any atom is 0.327 e. The summed E-state index contributed by atoms with van der Waals surface area (Å²) >= 11 is 2.82. The van der Waals surface area contributed by atoms with Crippen molar-refractivity contribution in [3.05, 3.63) is 76.7 Å². The van der Waals surface area contributed by atoms with Crippen molar-refractivity contribution < 1.29 is 19.4 Å². The van der Waals surface area contributed by atoms with Gasteiger partial charge >= 0.3 is 6.03 Å². The Morgan fingerprint density at radius 3 is 2.73 bits per heavy atom. The van der Waals surface area contributed by atoms with Crippen molar-refractivity contribution in [2.75, 3.05) is 31.4 Å². The second-order valence-electron chi connectivity index (χ2n) is 7.48. The Hall–Kier alpha value is -3.01. The Labute approximate surface area is 201 Å². The van der Waals surface area contributed by atoms with Crippen LogP contribution in [-0.4, -0.2) is 48.4 Å². The van der Waals surface area contributed by atoms with Crippen LogP contribution in [0.5, 0.6) is 5.75 Å². The van der Waals surface area contributed by atoms with Crippen molar-refractivity contribution in [3.63, 3.8) is 0 Å². The summed E-state index contributed by atoms with van der Waals surface area (Å²) in [5.74, 6) is 1.12. The van der Waals surface area contributed by atoms with Gasteiger partial charge in [0.05, 0.1) is 12.0 Å². The third-order valence-corrected chi connectivity index (χ3v) is 7.52. The molecule has 172 valence electrons. The van der Waals surface area contributed by atoms with Gasteiger partial charge in [-0.3, -0.25) is 14.6 Å². The maximum absolute atomic E-state index is 12.9. The van der Waals surface area contributed by atoms with Gasteiger partial charge in [-0.2, -0.15) is 0 Å². The second-order valence-corrected chi connectivity index (χ2v) is 9.67. The molecule has 0 bridgehead atoms. The molecule has 2 heterocycles. The zero-order valence-electron chi connectivity index (χ0n) is 18.4. The molecule has 9 heteroatoms. The number of hydrogen-bond acceptors (Lipinski definition) is 6. The van der Waals surface area contributed by atoms with Crippen LogP contribution in [0.25, 0.3) is 0 Å². The summed E-state index contributed by atoms with van der Waals surface area (Å²) in [4.78, 5) is 30.1. The standard InChI is InChI=1S/C24H25N3O4S2/c1-26-23-19(22(29)27(24(26)30)11-12-32-18-9-4-3-5-10-18)14-20(33-23)21(28)25-15-16-7-6-8-17(13-16)31-2/h3-10,13-14,22,29H,11-12,15H2,1-2H3,(H,25,28). The lowest BCUT2D eigenvalue weighted by atomic mass is 10.2. The largest absolute Gasteiger partial charge is 0.497 e. The number of benzene rings is 2. The summed E-state index contributed by atoms with van der Waals surface area (Å²) in [6, 6.07) is 18.8. The van der Waals surface area contributed by atoms with Gasteiger partial charge in [0.2, 0.25) is 0 Å². The van der Waals surface area contributed by atoms with Crippen LogP contribution in [0.15, 0.2) is 65.6 Å². The number of nitrogens with one attached hydrogen (secondary N) is 1. The van der Waals surface area contributed by atoms with E-state index in [-0.39, 0.29) is 11.9 Å². The van der Waals surface area contributed by atoms with Gasteiger partial charge in [-0.05, 0) is 35.9 Å². The fourth-order valence-electron chi connectivity index (χ4n) is 3.55. The number of ether oxygens (including phenoxy) is 1. The number of thioether (sulfide) groups is 1. The Kier molecular flexibility index (Phi) is 7.22. The summed E-state index contributed by atoms with van der Waals surface area (Å²) < 4.78 is 5.22. The smallest absolute Gasteiger partial charge is 0.327 e. The monoisotopic (exact) mass is 483 g/mol. The highest BCUT2D eigenvalue weighted by atomic mass is 32.2. The summed E-state index contributed by atoms with van der Waals surface area (Å²) in [5.41, 5.74) is 1.48. The molecule has 4 rings (SSSR count). The number of fused-ring (bicyclic) bond motifs is 1. The van der Waals surface area contributed by atoms with E-state index in [1.807, 2.05) is 54.6 Å². The number of aliphatic hydroxyl groups is 1. The van der Waals surface area contributed by atoms with E-state index in [1.54, 1.807) is 32.0 Å². The lowest BCUT2D eigenvalue weighted by Gasteiger charge is -2.36. The van der Waals surface area contributed by atoms with Crippen molar-refractivity contribution in [2.24, 2.45) is 0 Å². The molecular formula is C24H25N3O4S2. The minimum Gasteiger partial charge on any atom is -0.497 e. The molecule has 0 saturated heterocycles. The van der Waals surface area contributed by atoms with Crippen LogP contribution in [0.1, 0.15) is 27.0 Å². The van der Waals surface area contributed by atoms with Crippen LogP contribution in [0.3, 0.4) is 0 Å². The first-order valence-corrected chi connectivity index (χ1v) is 12.2. The van der Waals surface area contributed by atoms with Gasteiger partial charge in [0.1, 0.15) is 10.8 Å². The molecule has 7 nitrogen and oxygen atoms in total. The topological polar surface area (TPSA) is 82.1 Å². The number of hydrogen-bond donors (Lipinski definition) is 2. The van der Waals surface area contributed by atoms with Crippen molar-refractivity contribution in [1.82, 2.24) is 10.2 Å². The average molecular weight is 484 g/mol. The van der Waals surface area contributed by atoms with Crippen LogP contribution in [0, 0.1) is 0 Å². The van der Waals surface area contributed by atoms with Gasteiger partial charge in [0.25, 0.3) is 5.91 Å². The molecule has 0 aliphatic carbocycles. The van der Waals surface area contributed by atoms with E-state index in [0.29, 0.717) is 34.3 Å². The predicted molar refractivity (Wildman–Crippen MR) is 131 cm³/mol. The molecule has 1 aliphatic heterocycles. The highest BCUT2D eigenvalue weighted by molar-refractivity contribution is 7.99. The number of nitrogens with zero attached hydrogens (tertiary/aromatic N) is 2. The van der Waals surface area contributed by atoms with E-state index in [9.17, 15) is 14.7 Å². The van der Waals surface area contributed by atoms with Gasteiger partial charge in [0, 0.05) is 36.3 Å². The molecule has 0 spiro atoms. The zero-order chi connectivity index (χ0) is 23.4. The van der Waals surface area contributed by atoms with Crippen molar-refractivity contribution in [2.45, 2.75) is 17.7 Å². The summed E-state index contributed by atoms with van der Waals surface area (Å²) in [7, 11) is 3.26. The number of carbonyl (C=O) groups is 2. The highest BCUT2D eigenvalue weighted by Crippen LogP contribution is 2.41. The number of carbonyl (C=O) groups excluding carboxylic acids is 2. The molecule has 1 unspecified atom stereocenters. The van der Waals surface area contributed by atoms with Crippen LogP contribution in [-0.2, 0) is 6.54 Å². The third-order valence-electron chi connectivity index (χ3n) is 5.31. The van der Waals surface area contributed by atoms with Crippen LogP contribution in [0.2, 0.25) is 0 Å². The summed E-state index contributed by atoms with van der Waals surface area (Å²) in [5, 5.41) is 14.4. The van der Waals surface area contributed by atoms with Crippen LogP contribution < -0.4 is 15.0 Å². The van der Waals surface area contributed by atoms with E-state index in [4.69, 9.17) is 4.74 Å². The normalized spacial score (nSPS) is 15.4. The van der Waals surface area contributed by atoms with Crippen molar-refractivity contribution in [1.29, 1.82) is 0 Å². The van der Waals surface area contributed by atoms with E-state index < -0.39 is 6.23 Å². The first kappa shape index (κ1) is 23.2. The number of methoxy groups -OCH3 is 1. The van der Waals surface area contributed by atoms with Gasteiger partial charge in [-0.25, -0.2) is 4.79 Å². The maximum atomic E-state index is 12.9. The lowest BCUT2D eigenvalue weighted by Crippen LogP contribution is -2.48. The van der Waals surface area contributed by atoms with Gasteiger partial charge in [0.15, 0.2) is 6.23 Å². The molecule has 3 aromatic rings. The molecule has 3 amide bonds. The van der Waals surface area contributed by atoms with E-state index in [1.165, 1.54) is 21.1 Å². The number of urea groups is 1. The van der Waals surface area contributed by atoms with Crippen molar-refractivity contribution >= 4 is 40.0 Å². The fraction of sp³-hybridized carbons (Fsp3) is 0.250. The third kappa shape index (κ3) is 5.16. The molecular weight excluding hydrogens is 458 g/mol. The summed E-state index contributed by atoms with van der Waals surface area (Å²) in [6.45, 7) is 0.731. The molecule has 0 saturated carbocycles. The number of rotatable bonds is 8. The van der Waals surface area contributed by atoms with E-state index in [0.717, 1.165) is 16.2 Å². The number of aliphatic hydroxyl groups excluding tert-OH is 1. The van der Waals surface area contributed by atoms with Crippen LogP contribution >= 0.6 is 23.1 Å². The summed E-state index contributed by atoms with van der Waals surface area (Å²) in [6.07, 6.45) is -1.09. The predicted octanol–water partition coefficient (Wildman–Crippen LogP) is 4.34. The van der Waals surface area contributed by atoms with Gasteiger partial charge in [-0.1, -0.05) is 30.3 Å². The first-order valence-electron chi connectivity index (χ1n) is 10.4. The molecule has 0 radical (unpaired) electrons. The Bertz CT molecular complexity index is 1140. The quantitative estimate of drug-likeness (QED) is 0.466. The number of anilines is 1. The molecule has 2 N–H and O–H groups in total. The molecule has 1 aliphatic rings. The van der Waals surface area contributed by atoms with Gasteiger partial charge in [-0.15, -0.1) is 23.1 Å². The Morgan fingerprint density at radius 1 is 1.18 bits per heavy atom. The molecule has 0 fully saturated rings. The van der Waals surface area contributed by atoms with Crippen molar-refractivity contribution in [3.8, 4) is 5.75 Å². The molecule has 1 aromatic heterocycles. The van der Waals surface area contributed by atoms with E-state index >= 15 is 0 Å². The highest BCUT2D eigenvalue weighted by Gasteiger charge is 2.37. The lowest BCUT2D eigenvalue weighted by molar-refractivity contribution is 0.0324. The average Bonchev–Trinajstić information content (AvgIpc) is 3.30. The second kappa shape index (κ2) is 10.3. The zero-order valence-corrected chi connectivity index (χ0v) is 20.0. The number of thiophene rings is 1. The molecule has 33 heavy (non-hydrogen) atoms. The molecule has 1 atom stereocenters. The SMILES string of the molecule is COc1cccc(CNC(=O)c2cc3c(s2)N(C)C(=O)N(CCSc2ccccc2)C3O)c1. The Balaban J connectivity index is 1.42. The minimum absolute atomic E-state index is 0.253. The minimum atomic E-state index is -1.09. The van der Waals surface area contributed by atoms with Gasteiger partial charge < -0.3 is 15.2 Å². The fourth-order valence-corrected chi connectivity index (χ4v) is 5.48. The first-order chi connectivity index (χ1) is 16.0. The number of amides is 3. The van der Waals surface area contributed by atoms with E-state index in [2.05, 4.69) is 5.32 Å². The molecule has 2 aromatic carbocycles. The Morgan fingerprint density at radius 2 is 1.97 bits per heavy atom.